The number of imidazole rings is 1. The summed E-state index contributed by atoms with van der Waals surface area (Å²) in [5, 5.41) is 5.40. The third kappa shape index (κ3) is 8.73. The highest BCUT2D eigenvalue weighted by Gasteiger charge is 2.21. The van der Waals surface area contributed by atoms with Gasteiger partial charge in [-0.1, -0.05) is 24.3 Å². The van der Waals surface area contributed by atoms with Gasteiger partial charge in [-0.3, -0.25) is 14.9 Å². The number of rotatable bonds is 11. The molecule has 11 heteroatoms. The Morgan fingerprint density at radius 2 is 1.70 bits per heavy atom. The van der Waals surface area contributed by atoms with Crippen molar-refractivity contribution < 1.29 is 33.0 Å². The smallest absolute Gasteiger partial charge is 0.412 e. The molecule has 0 radical (unpaired) electrons. The van der Waals surface area contributed by atoms with E-state index >= 15 is 0 Å². The van der Waals surface area contributed by atoms with E-state index in [2.05, 4.69) is 15.6 Å². The second kappa shape index (κ2) is 13.8. The minimum atomic E-state index is -0.781. The number of anilines is 2. The van der Waals surface area contributed by atoms with Crippen LogP contribution in [0.3, 0.4) is 0 Å². The fourth-order valence-electron chi connectivity index (χ4n) is 4.10. The lowest BCUT2D eigenvalue weighted by atomic mass is 10.0. The monoisotopic (exact) mass is 588 g/mol. The van der Waals surface area contributed by atoms with Gasteiger partial charge in [0.25, 0.3) is 0 Å². The molecule has 0 fully saturated rings. The zero-order valence-electron chi connectivity index (χ0n) is 24.3. The van der Waals surface area contributed by atoms with Crippen molar-refractivity contribution in [2.24, 2.45) is 0 Å². The number of methoxy groups -OCH3 is 1. The predicted octanol–water partition coefficient (Wildman–Crippen LogP) is 6.26. The second-order valence-corrected chi connectivity index (χ2v) is 10.5. The van der Waals surface area contributed by atoms with Crippen LogP contribution in [0.15, 0.2) is 79.4 Å². The van der Waals surface area contributed by atoms with Gasteiger partial charge in [0.1, 0.15) is 23.8 Å². The number of amides is 2. The molecular weight excluding hydrogens is 555 g/mol. The number of Topliss-reactive ketones (excluding diaryl/α,β-unsaturated/α-hetero) is 1. The number of aromatic nitrogens is 2. The Morgan fingerprint density at radius 1 is 0.953 bits per heavy atom. The molecule has 10 nitrogen and oxygen atoms in total. The van der Waals surface area contributed by atoms with Crippen LogP contribution in [0.25, 0.3) is 16.8 Å². The molecule has 0 unspecified atom stereocenters. The van der Waals surface area contributed by atoms with Crippen LogP contribution < -0.4 is 15.4 Å². The number of hydrogen-bond acceptors (Lipinski definition) is 7. The minimum Gasteiger partial charge on any atom is -0.490 e. The maximum Gasteiger partial charge on any atom is 0.412 e. The van der Waals surface area contributed by atoms with Crippen molar-refractivity contribution >= 4 is 29.2 Å². The number of nitrogens with zero attached hydrogens (tertiary/aromatic N) is 2. The number of ketones is 1. The zero-order chi connectivity index (χ0) is 31.0. The van der Waals surface area contributed by atoms with Crippen LogP contribution >= 0.6 is 0 Å². The van der Waals surface area contributed by atoms with Gasteiger partial charge in [-0.2, -0.15) is 0 Å². The van der Waals surface area contributed by atoms with Gasteiger partial charge < -0.3 is 24.1 Å². The van der Waals surface area contributed by atoms with Crippen LogP contribution in [0.4, 0.5) is 20.6 Å². The SMILES string of the molecule is COCCOc1cc(NC(=O)OC(C)(C)C)c(NC(=O)CC(=O)c2cccc(-n3ccnc3)c2)cc1-c1ccc(F)cc1. The van der Waals surface area contributed by atoms with Crippen molar-refractivity contribution in [2.45, 2.75) is 32.8 Å². The van der Waals surface area contributed by atoms with Gasteiger partial charge >= 0.3 is 6.09 Å². The number of carbonyl (C=O) groups is 3. The van der Waals surface area contributed by atoms with Crippen LogP contribution in [0.5, 0.6) is 5.75 Å². The topological polar surface area (TPSA) is 121 Å². The van der Waals surface area contributed by atoms with Crippen LogP contribution in [0.2, 0.25) is 0 Å². The summed E-state index contributed by atoms with van der Waals surface area (Å²) in [6, 6.07) is 15.7. The molecule has 0 bridgehead atoms. The number of halogens is 1. The predicted molar refractivity (Wildman–Crippen MR) is 160 cm³/mol. The lowest BCUT2D eigenvalue weighted by Gasteiger charge is -2.22. The molecule has 4 rings (SSSR count). The molecule has 0 aliphatic heterocycles. The van der Waals surface area contributed by atoms with Crippen molar-refractivity contribution in [3.63, 3.8) is 0 Å². The highest BCUT2D eigenvalue weighted by atomic mass is 19.1. The molecular formula is C32H33FN4O6. The van der Waals surface area contributed by atoms with E-state index in [0.29, 0.717) is 29.0 Å². The molecule has 0 aliphatic rings. The number of hydrogen-bond donors (Lipinski definition) is 2. The third-order valence-corrected chi connectivity index (χ3v) is 6.02. The van der Waals surface area contributed by atoms with Crippen molar-refractivity contribution in [1.82, 2.24) is 9.55 Å². The van der Waals surface area contributed by atoms with Gasteiger partial charge in [0.05, 0.1) is 30.7 Å². The molecule has 0 saturated heterocycles. The summed E-state index contributed by atoms with van der Waals surface area (Å²) in [6.45, 7) is 5.65. The first-order valence-corrected chi connectivity index (χ1v) is 13.5. The average molecular weight is 589 g/mol. The summed E-state index contributed by atoms with van der Waals surface area (Å²) in [5.74, 6) is -1.08. The van der Waals surface area contributed by atoms with Crippen LogP contribution in [-0.4, -0.2) is 53.3 Å². The molecule has 224 valence electrons. The Bertz CT molecular complexity index is 1580. The molecule has 2 N–H and O–H groups in total. The zero-order valence-corrected chi connectivity index (χ0v) is 24.3. The standard InChI is InChI=1S/C32H33FN4O6/c1-32(2,3)43-31(40)36-27-18-29(42-15-14-41-4)25(21-8-10-23(33)11-9-21)17-26(27)35-30(39)19-28(38)22-6-5-7-24(16-22)37-13-12-34-20-37/h5-13,16-18,20H,14-15,19H2,1-4H3,(H,35,39)(H,36,40). The Labute approximate surface area is 248 Å². The first-order valence-electron chi connectivity index (χ1n) is 13.5. The van der Waals surface area contributed by atoms with Gasteiger partial charge in [-0.05, 0) is 56.7 Å². The summed E-state index contributed by atoms with van der Waals surface area (Å²) in [6.07, 6.45) is 3.76. The molecule has 1 heterocycles. The summed E-state index contributed by atoms with van der Waals surface area (Å²) >= 11 is 0. The molecule has 0 spiro atoms. The highest BCUT2D eigenvalue weighted by Crippen LogP contribution is 2.38. The molecule has 1 aromatic heterocycles. The third-order valence-electron chi connectivity index (χ3n) is 6.02. The Hall–Kier alpha value is -5.03. The summed E-state index contributed by atoms with van der Waals surface area (Å²) in [7, 11) is 1.54. The largest absolute Gasteiger partial charge is 0.490 e. The lowest BCUT2D eigenvalue weighted by molar-refractivity contribution is -0.115. The minimum absolute atomic E-state index is 0.176. The van der Waals surface area contributed by atoms with E-state index in [1.54, 1.807) is 80.5 Å². The lowest BCUT2D eigenvalue weighted by Crippen LogP contribution is -2.27. The molecule has 0 saturated carbocycles. The van der Waals surface area contributed by atoms with Gasteiger partial charge in [-0.25, -0.2) is 14.2 Å². The maximum absolute atomic E-state index is 13.7. The highest BCUT2D eigenvalue weighted by molar-refractivity contribution is 6.12. The quantitative estimate of drug-likeness (QED) is 0.120. The normalized spacial score (nSPS) is 11.1. The molecule has 0 aliphatic carbocycles. The van der Waals surface area contributed by atoms with Crippen LogP contribution in [0, 0.1) is 5.82 Å². The van der Waals surface area contributed by atoms with E-state index in [1.165, 1.54) is 25.3 Å². The van der Waals surface area contributed by atoms with Crippen molar-refractivity contribution in [3.05, 3.63) is 90.8 Å². The Balaban J connectivity index is 1.65. The van der Waals surface area contributed by atoms with E-state index in [0.717, 1.165) is 5.69 Å². The van der Waals surface area contributed by atoms with E-state index < -0.39 is 35.6 Å². The van der Waals surface area contributed by atoms with E-state index in [1.807, 2.05) is 6.07 Å². The van der Waals surface area contributed by atoms with E-state index in [9.17, 15) is 18.8 Å². The summed E-state index contributed by atoms with van der Waals surface area (Å²) in [4.78, 5) is 43.0. The number of ether oxygens (including phenoxy) is 3. The second-order valence-electron chi connectivity index (χ2n) is 10.5. The molecule has 4 aromatic rings. The van der Waals surface area contributed by atoms with Gasteiger partial charge in [-0.15, -0.1) is 0 Å². The van der Waals surface area contributed by atoms with Crippen LogP contribution in [-0.2, 0) is 14.3 Å². The molecule has 43 heavy (non-hydrogen) atoms. The maximum atomic E-state index is 13.7. The summed E-state index contributed by atoms with van der Waals surface area (Å²) in [5.41, 5.74) is 1.77. The van der Waals surface area contributed by atoms with Gasteiger partial charge in [0.15, 0.2) is 5.78 Å². The first kappa shape index (κ1) is 30.9. The van der Waals surface area contributed by atoms with E-state index in [-0.39, 0.29) is 18.0 Å². The first-order chi connectivity index (χ1) is 20.5. The number of nitrogens with one attached hydrogen (secondary N) is 2. The van der Waals surface area contributed by atoms with E-state index in [4.69, 9.17) is 14.2 Å². The van der Waals surface area contributed by atoms with Crippen molar-refractivity contribution in [2.75, 3.05) is 31.0 Å². The summed E-state index contributed by atoms with van der Waals surface area (Å²) < 4.78 is 31.9. The Morgan fingerprint density at radius 3 is 2.37 bits per heavy atom. The molecule has 3 aromatic carbocycles. The molecule has 2 amide bonds. The van der Waals surface area contributed by atoms with Gasteiger partial charge in [0.2, 0.25) is 5.91 Å². The van der Waals surface area contributed by atoms with Crippen molar-refractivity contribution in [3.8, 4) is 22.6 Å². The fourth-order valence-corrected chi connectivity index (χ4v) is 4.10. The van der Waals surface area contributed by atoms with Crippen LogP contribution in [0.1, 0.15) is 37.6 Å². The van der Waals surface area contributed by atoms with Crippen molar-refractivity contribution in [1.29, 1.82) is 0 Å². The number of benzene rings is 3. The van der Waals surface area contributed by atoms with Gasteiger partial charge in [0, 0.05) is 42.4 Å². The number of carbonyl (C=O) groups excluding carboxylic acids is 3. The average Bonchev–Trinajstić information content (AvgIpc) is 3.49. The Kier molecular flexibility index (Phi) is 9.89. The molecule has 0 atom stereocenters. The fraction of sp³-hybridized carbons (Fsp3) is 0.250.